The van der Waals surface area contributed by atoms with Crippen LogP contribution in [0.4, 0.5) is 0 Å². The number of hydrogen-bond donors (Lipinski definition) is 1. The molecule has 0 aliphatic carbocycles. The number of hydrogen-bond acceptors (Lipinski definition) is 4. The molecular weight excluding hydrogens is 220 g/mol. The maximum absolute atomic E-state index is 10.7. The third-order valence-electron chi connectivity index (χ3n) is 1.33. The Labute approximate surface area is 81.0 Å². The molecule has 4 nitrogen and oxygen atoms in total. The molecule has 0 amide bonds. The van der Waals surface area contributed by atoms with Crippen LogP contribution in [0.25, 0.3) is 0 Å². The van der Waals surface area contributed by atoms with E-state index in [0.717, 1.165) is 6.26 Å². The van der Waals surface area contributed by atoms with Crippen molar-refractivity contribution in [1.29, 1.82) is 0 Å². The topological polar surface area (TPSA) is 58.5 Å². The van der Waals surface area contributed by atoms with Gasteiger partial charge in [0, 0.05) is 18.7 Å². The van der Waals surface area contributed by atoms with Crippen molar-refractivity contribution in [1.82, 2.24) is 4.72 Å². The normalized spacial score (nSPS) is 29.5. The van der Waals surface area contributed by atoms with Crippen LogP contribution in [0.2, 0.25) is 0 Å². The van der Waals surface area contributed by atoms with E-state index in [2.05, 4.69) is 9.12 Å². The molecule has 70 valence electrons. The molecule has 1 heterocycles. The Morgan fingerprint density at radius 2 is 2.42 bits per heavy atom. The largest absolute Gasteiger partial charge is 0.227 e. The van der Waals surface area contributed by atoms with Crippen LogP contribution in [-0.2, 0) is 10.0 Å². The zero-order valence-electron chi connectivity index (χ0n) is 6.40. The van der Waals surface area contributed by atoms with Gasteiger partial charge in [0.2, 0.25) is 10.0 Å². The monoisotopic (exact) mass is 228 g/mol. The van der Waals surface area contributed by atoms with Gasteiger partial charge >= 0.3 is 0 Å². The van der Waals surface area contributed by atoms with Gasteiger partial charge in [-0.2, -0.15) is 0 Å². The van der Waals surface area contributed by atoms with Gasteiger partial charge in [-0.05, 0) is 11.9 Å². The number of rotatable bonds is 3. The first-order valence-corrected chi connectivity index (χ1v) is 6.43. The lowest BCUT2D eigenvalue weighted by Gasteiger charge is -2.09. The molecule has 1 aliphatic rings. The summed E-state index contributed by atoms with van der Waals surface area (Å²) in [5.74, 6) is -0.00797. The molecule has 1 N–H and O–H groups in total. The summed E-state index contributed by atoms with van der Waals surface area (Å²) < 4.78 is 27.5. The zero-order chi connectivity index (χ0) is 9.19. The molecule has 0 spiro atoms. The average molecular weight is 229 g/mol. The van der Waals surface area contributed by atoms with Gasteiger partial charge < -0.3 is 0 Å². The molecule has 0 bridgehead atoms. The van der Waals surface area contributed by atoms with Crippen molar-refractivity contribution in [2.75, 3.05) is 12.8 Å². The maximum Gasteiger partial charge on any atom is 0.208 e. The summed E-state index contributed by atoms with van der Waals surface area (Å²) in [6.07, 6.45) is 2.79. The van der Waals surface area contributed by atoms with Crippen molar-refractivity contribution in [2.45, 2.75) is 4.71 Å². The summed E-state index contributed by atoms with van der Waals surface area (Å²) in [5.41, 5.74) is 0. The van der Waals surface area contributed by atoms with Crippen molar-refractivity contribution in [3.8, 4) is 0 Å². The van der Waals surface area contributed by atoms with Crippen molar-refractivity contribution in [2.24, 2.45) is 10.3 Å². The Morgan fingerprint density at radius 1 is 1.75 bits per heavy atom. The summed E-state index contributed by atoms with van der Waals surface area (Å²) in [6.45, 7) is 0.323. The Bertz CT molecular complexity index is 277. The number of nitrogens with one attached hydrogen (secondary N) is 1. The van der Waals surface area contributed by atoms with E-state index in [1.54, 1.807) is 6.21 Å². The highest BCUT2D eigenvalue weighted by molar-refractivity contribution is 8.00. The molecule has 2 atom stereocenters. The van der Waals surface area contributed by atoms with E-state index in [1.165, 1.54) is 11.9 Å². The highest BCUT2D eigenvalue weighted by atomic mass is 35.5. The first-order valence-electron chi connectivity index (χ1n) is 3.27. The van der Waals surface area contributed by atoms with Gasteiger partial charge in [-0.1, -0.05) is 0 Å². The van der Waals surface area contributed by atoms with Gasteiger partial charge in [-0.15, -0.1) is 11.6 Å². The standard InChI is InChI=1S/C5H9ClN2O2S2/c1-12(9,10)8-3-4-2-7-11-5(4)6/h2,4-5,8H,3H2,1H3. The molecule has 7 heteroatoms. The Kier molecular flexibility index (Phi) is 3.39. The molecule has 2 unspecified atom stereocenters. The highest BCUT2D eigenvalue weighted by Gasteiger charge is 2.23. The van der Waals surface area contributed by atoms with Crippen molar-refractivity contribution < 1.29 is 8.42 Å². The van der Waals surface area contributed by atoms with Gasteiger partial charge in [-0.25, -0.2) is 17.5 Å². The number of nitrogens with zero attached hydrogens (tertiary/aromatic N) is 1. The van der Waals surface area contributed by atoms with E-state index in [0.29, 0.717) is 6.54 Å². The molecular formula is C5H9ClN2O2S2. The summed E-state index contributed by atoms with van der Waals surface area (Å²) >= 11 is 7.07. The van der Waals surface area contributed by atoms with E-state index in [-0.39, 0.29) is 10.6 Å². The summed E-state index contributed by atoms with van der Waals surface area (Å²) in [4.78, 5) is 0. The molecule has 1 aliphatic heterocycles. The fourth-order valence-electron chi connectivity index (χ4n) is 0.710. The minimum absolute atomic E-state index is 0.00797. The second-order valence-corrected chi connectivity index (χ2v) is 5.99. The molecule has 0 aromatic heterocycles. The van der Waals surface area contributed by atoms with Crippen LogP contribution in [0.5, 0.6) is 0 Å². The number of sulfonamides is 1. The van der Waals surface area contributed by atoms with E-state index in [9.17, 15) is 8.42 Å². The zero-order valence-corrected chi connectivity index (χ0v) is 8.79. The van der Waals surface area contributed by atoms with Crippen LogP contribution in [0.15, 0.2) is 4.40 Å². The SMILES string of the molecule is CS(=O)(=O)NCC1C=NSC1Cl. The summed E-state index contributed by atoms with van der Waals surface area (Å²) in [5, 5.41) is 0. The second-order valence-electron chi connectivity index (χ2n) is 2.50. The predicted octanol–water partition coefficient (Wildman–Crippen LogP) is 0.449. The van der Waals surface area contributed by atoms with Gasteiger partial charge in [0.05, 0.1) is 6.26 Å². The lowest BCUT2D eigenvalue weighted by molar-refractivity contribution is 0.581. The van der Waals surface area contributed by atoms with Crippen LogP contribution in [0, 0.1) is 5.92 Å². The van der Waals surface area contributed by atoms with Crippen LogP contribution in [0.1, 0.15) is 0 Å². The van der Waals surface area contributed by atoms with Crippen molar-refractivity contribution >= 4 is 39.8 Å². The second kappa shape index (κ2) is 3.95. The van der Waals surface area contributed by atoms with Crippen LogP contribution in [0.3, 0.4) is 0 Å². The fraction of sp³-hybridized carbons (Fsp3) is 0.800. The number of alkyl halides is 1. The first kappa shape index (κ1) is 10.3. The van der Waals surface area contributed by atoms with Crippen LogP contribution < -0.4 is 4.72 Å². The molecule has 1 rings (SSSR count). The molecule has 0 radical (unpaired) electrons. The van der Waals surface area contributed by atoms with Gasteiger partial charge in [0.1, 0.15) is 4.71 Å². The predicted molar refractivity (Wildman–Crippen MR) is 52.1 cm³/mol. The lowest BCUT2D eigenvalue weighted by atomic mass is 10.2. The average Bonchev–Trinajstić information content (AvgIpc) is 2.29. The van der Waals surface area contributed by atoms with Gasteiger partial charge in [-0.3, -0.25) is 0 Å². The first-order chi connectivity index (χ1) is 5.49. The molecule has 0 fully saturated rings. The molecule has 0 aromatic carbocycles. The van der Waals surface area contributed by atoms with Crippen LogP contribution in [-0.4, -0.2) is 32.1 Å². The number of halogens is 1. The van der Waals surface area contributed by atoms with Crippen molar-refractivity contribution in [3.63, 3.8) is 0 Å². The molecule has 0 saturated heterocycles. The Morgan fingerprint density at radius 3 is 2.83 bits per heavy atom. The van der Waals surface area contributed by atoms with Crippen molar-refractivity contribution in [3.05, 3.63) is 0 Å². The Balaban J connectivity index is 2.38. The smallest absolute Gasteiger partial charge is 0.208 e. The third kappa shape index (κ3) is 3.30. The minimum atomic E-state index is -3.11. The minimum Gasteiger partial charge on any atom is -0.227 e. The highest BCUT2D eigenvalue weighted by Crippen LogP contribution is 2.28. The Hall–Kier alpha value is 0.220. The summed E-state index contributed by atoms with van der Waals surface area (Å²) in [6, 6.07) is 0. The third-order valence-corrected chi connectivity index (χ3v) is 3.38. The summed E-state index contributed by atoms with van der Waals surface area (Å²) in [7, 11) is -3.11. The molecule has 0 aromatic rings. The van der Waals surface area contributed by atoms with E-state index >= 15 is 0 Å². The van der Waals surface area contributed by atoms with E-state index in [1.807, 2.05) is 0 Å². The molecule has 0 saturated carbocycles. The van der Waals surface area contributed by atoms with Crippen LogP contribution >= 0.6 is 23.5 Å². The van der Waals surface area contributed by atoms with E-state index < -0.39 is 10.0 Å². The quantitative estimate of drug-likeness (QED) is 0.564. The van der Waals surface area contributed by atoms with E-state index in [4.69, 9.17) is 11.6 Å². The lowest BCUT2D eigenvalue weighted by Crippen LogP contribution is -2.30. The molecule has 12 heavy (non-hydrogen) atoms. The van der Waals surface area contributed by atoms with Gasteiger partial charge in [0.25, 0.3) is 0 Å². The fourth-order valence-corrected chi connectivity index (χ4v) is 2.16. The maximum atomic E-state index is 10.7. The van der Waals surface area contributed by atoms with Gasteiger partial charge in [0.15, 0.2) is 0 Å².